The molecule has 2 rings (SSSR count). The topological polar surface area (TPSA) is 27.7 Å². The molecule has 0 amide bonds. The van der Waals surface area contributed by atoms with Crippen LogP contribution in [0.4, 0.5) is 0 Å². The monoisotopic (exact) mass is 272 g/mol. The molecule has 3 nitrogen and oxygen atoms in total. The lowest BCUT2D eigenvalue weighted by Gasteiger charge is -2.13. The minimum atomic E-state index is 0.515. The van der Waals surface area contributed by atoms with Crippen LogP contribution in [0.1, 0.15) is 11.1 Å². The zero-order chi connectivity index (χ0) is 14.2. The van der Waals surface area contributed by atoms with Crippen molar-refractivity contribution in [1.29, 1.82) is 0 Å². The Morgan fingerprint density at radius 3 is 2.40 bits per heavy atom. The van der Waals surface area contributed by atoms with E-state index in [9.17, 15) is 0 Å². The smallest absolute Gasteiger partial charge is 0.161 e. The highest BCUT2D eigenvalue weighted by Crippen LogP contribution is 2.29. The van der Waals surface area contributed by atoms with Crippen molar-refractivity contribution in [3.05, 3.63) is 59.7 Å². The molecule has 0 bridgehead atoms. The Hall–Kier alpha value is -2.00. The van der Waals surface area contributed by atoms with E-state index in [1.807, 2.05) is 55.5 Å². The maximum absolute atomic E-state index is 5.87. The van der Waals surface area contributed by atoms with E-state index in [1.54, 1.807) is 7.11 Å². The van der Waals surface area contributed by atoms with E-state index in [4.69, 9.17) is 14.2 Å². The molecular formula is C17H20O3. The fraction of sp³-hybridized carbons (Fsp3) is 0.294. The maximum atomic E-state index is 5.87. The Kier molecular flexibility index (Phi) is 5.44. The van der Waals surface area contributed by atoms with Crippen molar-refractivity contribution in [3.8, 4) is 11.5 Å². The molecule has 0 aliphatic heterocycles. The molecule has 0 saturated carbocycles. The molecule has 0 aromatic heterocycles. The van der Waals surface area contributed by atoms with E-state index in [1.165, 1.54) is 0 Å². The van der Waals surface area contributed by atoms with Crippen molar-refractivity contribution in [2.24, 2.45) is 0 Å². The van der Waals surface area contributed by atoms with Gasteiger partial charge < -0.3 is 14.2 Å². The second kappa shape index (κ2) is 7.56. The molecule has 2 aromatic carbocycles. The van der Waals surface area contributed by atoms with E-state index in [0.29, 0.717) is 19.8 Å². The second-order valence-corrected chi connectivity index (χ2v) is 4.57. The summed E-state index contributed by atoms with van der Waals surface area (Å²) in [6.45, 7) is 3.65. The molecule has 2 aromatic rings. The summed E-state index contributed by atoms with van der Waals surface area (Å²) in [6.07, 6.45) is 0. The van der Waals surface area contributed by atoms with E-state index >= 15 is 0 Å². The molecule has 0 heterocycles. The zero-order valence-electron chi connectivity index (χ0n) is 12.0. The number of methoxy groups -OCH3 is 1. The molecule has 0 spiro atoms. The van der Waals surface area contributed by atoms with Gasteiger partial charge in [-0.05, 0) is 30.2 Å². The fourth-order valence-electron chi connectivity index (χ4n) is 1.82. The first-order chi connectivity index (χ1) is 9.79. The highest BCUT2D eigenvalue weighted by atomic mass is 16.5. The van der Waals surface area contributed by atoms with Crippen molar-refractivity contribution in [1.82, 2.24) is 0 Å². The minimum Gasteiger partial charge on any atom is -0.487 e. The Balaban J connectivity index is 2.03. The lowest BCUT2D eigenvalue weighted by Crippen LogP contribution is -2.06. The van der Waals surface area contributed by atoms with Gasteiger partial charge in [-0.1, -0.05) is 36.4 Å². The van der Waals surface area contributed by atoms with Crippen LogP contribution in [0.25, 0.3) is 0 Å². The van der Waals surface area contributed by atoms with Crippen LogP contribution in [0.15, 0.2) is 48.5 Å². The summed E-state index contributed by atoms with van der Waals surface area (Å²) < 4.78 is 16.5. The zero-order valence-corrected chi connectivity index (χ0v) is 12.0. The summed E-state index contributed by atoms with van der Waals surface area (Å²) in [7, 11) is 1.66. The van der Waals surface area contributed by atoms with E-state index in [-0.39, 0.29) is 0 Å². The Bertz CT molecular complexity index is 523. The molecule has 0 fully saturated rings. The Morgan fingerprint density at radius 2 is 1.65 bits per heavy atom. The molecule has 0 unspecified atom stereocenters. The van der Waals surface area contributed by atoms with Crippen molar-refractivity contribution < 1.29 is 14.2 Å². The third-order valence-electron chi connectivity index (χ3n) is 2.88. The number of benzene rings is 2. The quantitative estimate of drug-likeness (QED) is 0.721. The van der Waals surface area contributed by atoms with Crippen LogP contribution in [-0.4, -0.2) is 20.3 Å². The fourth-order valence-corrected chi connectivity index (χ4v) is 1.82. The Morgan fingerprint density at radius 1 is 0.850 bits per heavy atom. The molecule has 106 valence electrons. The van der Waals surface area contributed by atoms with Gasteiger partial charge in [0.2, 0.25) is 0 Å². The van der Waals surface area contributed by atoms with Crippen LogP contribution in [0.3, 0.4) is 0 Å². The predicted octanol–water partition coefficient (Wildman–Crippen LogP) is 3.60. The van der Waals surface area contributed by atoms with Gasteiger partial charge in [0.05, 0.1) is 6.61 Å². The average Bonchev–Trinajstić information content (AvgIpc) is 2.48. The highest BCUT2D eigenvalue weighted by molar-refractivity contribution is 5.42. The minimum absolute atomic E-state index is 0.515. The standard InChI is InChI=1S/C17H20O3/c1-14-8-9-16(19-11-10-18-2)17(12-14)20-13-15-6-4-3-5-7-15/h3-9,12H,10-11,13H2,1-2H3. The van der Waals surface area contributed by atoms with Crippen LogP contribution in [0.2, 0.25) is 0 Å². The van der Waals surface area contributed by atoms with Gasteiger partial charge >= 0.3 is 0 Å². The van der Waals surface area contributed by atoms with Gasteiger partial charge in [0.15, 0.2) is 11.5 Å². The Labute approximate surface area is 120 Å². The predicted molar refractivity (Wildman–Crippen MR) is 79.3 cm³/mol. The van der Waals surface area contributed by atoms with Gasteiger partial charge in [0, 0.05) is 7.11 Å². The van der Waals surface area contributed by atoms with Gasteiger partial charge in [-0.3, -0.25) is 0 Å². The first-order valence-electron chi connectivity index (χ1n) is 6.68. The summed E-state index contributed by atoms with van der Waals surface area (Å²) in [5, 5.41) is 0. The summed E-state index contributed by atoms with van der Waals surface area (Å²) in [6, 6.07) is 16.0. The molecule has 0 radical (unpaired) electrons. The summed E-state index contributed by atoms with van der Waals surface area (Å²) in [5.74, 6) is 1.52. The van der Waals surface area contributed by atoms with E-state index < -0.39 is 0 Å². The third kappa shape index (κ3) is 4.28. The highest BCUT2D eigenvalue weighted by Gasteiger charge is 2.06. The van der Waals surface area contributed by atoms with Crippen LogP contribution < -0.4 is 9.47 Å². The molecular weight excluding hydrogens is 252 g/mol. The largest absolute Gasteiger partial charge is 0.487 e. The summed E-state index contributed by atoms with van der Waals surface area (Å²) >= 11 is 0. The van der Waals surface area contributed by atoms with Crippen LogP contribution in [0.5, 0.6) is 11.5 Å². The van der Waals surface area contributed by atoms with E-state index in [0.717, 1.165) is 22.6 Å². The van der Waals surface area contributed by atoms with Gasteiger partial charge in [0.1, 0.15) is 13.2 Å². The van der Waals surface area contributed by atoms with Crippen molar-refractivity contribution >= 4 is 0 Å². The number of rotatable bonds is 7. The number of aryl methyl sites for hydroxylation is 1. The SMILES string of the molecule is COCCOc1ccc(C)cc1OCc1ccccc1. The van der Waals surface area contributed by atoms with Crippen LogP contribution >= 0.6 is 0 Å². The number of ether oxygens (including phenoxy) is 3. The number of hydrogen-bond donors (Lipinski definition) is 0. The van der Waals surface area contributed by atoms with E-state index in [2.05, 4.69) is 0 Å². The molecule has 0 saturated heterocycles. The lowest BCUT2D eigenvalue weighted by molar-refractivity contribution is 0.143. The number of hydrogen-bond acceptors (Lipinski definition) is 3. The maximum Gasteiger partial charge on any atom is 0.161 e. The van der Waals surface area contributed by atoms with Gasteiger partial charge in [-0.2, -0.15) is 0 Å². The van der Waals surface area contributed by atoms with Gasteiger partial charge in [-0.25, -0.2) is 0 Å². The summed E-state index contributed by atoms with van der Waals surface area (Å²) in [4.78, 5) is 0. The summed E-state index contributed by atoms with van der Waals surface area (Å²) in [5.41, 5.74) is 2.28. The first kappa shape index (κ1) is 14.4. The third-order valence-corrected chi connectivity index (χ3v) is 2.88. The molecule has 0 aliphatic carbocycles. The molecule has 3 heteroatoms. The molecule has 0 aliphatic rings. The van der Waals surface area contributed by atoms with Gasteiger partial charge in [-0.15, -0.1) is 0 Å². The van der Waals surface area contributed by atoms with Crippen molar-refractivity contribution in [2.45, 2.75) is 13.5 Å². The van der Waals surface area contributed by atoms with Crippen molar-refractivity contribution in [3.63, 3.8) is 0 Å². The average molecular weight is 272 g/mol. The first-order valence-corrected chi connectivity index (χ1v) is 6.68. The molecule has 20 heavy (non-hydrogen) atoms. The van der Waals surface area contributed by atoms with Gasteiger partial charge in [0.25, 0.3) is 0 Å². The second-order valence-electron chi connectivity index (χ2n) is 4.57. The lowest BCUT2D eigenvalue weighted by atomic mass is 10.2. The van der Waals surface area contributed by atoms with Crippen LogP contribution in [-0.2, 0) is 11.3 Å². The normalized spacial score (nSPS) is 10.3. The van der Waals surface area contributed by atoms with Crippen LogP contribution in [0, 0.1) is 6.92 Å². The molecule has 0 N–H and O–H groups in total. The molecule has 0 atom stereocenters. The van der Waals surface area contributed by atoms with Crippen molar-refractivity contribution in [2.75, 3.05) is 20.3 Å².